The van der Waals surface area contributed by atoms with E-state index >= 15 is 0 Å². The topological polar surface area (TPSA) is 70.5 Å². The van der Waals surface area contributed by atoms with Crippen molar-refractivity contribution in [3.8, 4) is 5.69 Å². The van der Waals surface area contributed by atoms with Gasteiger partial charge in [0.1, 0.15) is 11.5 Å². The van der Waals surface area contributed by atoms with Gasteiger partial charge < -0.3 is 10.2 Å². The average Bonchev–Trinajstić information content (AvgIpc) is 3.25. The van der Waals surface area contributed by atoms with Crippen LogP contribution in [0.5, 0.6) is 0 Å². The summed E-state index contributed by atoms with van der Waals surface area (Å²) in [5.41, 5.74) is 1.33. The van der Waals surface area contributed by atoms with Crippen molar-refractivity contribution in [1.29, 1.82) is 0 Å². The smallest absolute Gasteiger partial charge is 0.274 e. The minimum absolute atomic E-state index is 0.0791. The highest BCUT2D eigenvalue weighted by atomic mass is 19.1. The summed E-state index contributed by atoms with van der Waals surface area (Å²) in [4.78, 5) is 28.7. The van der Waals surface area contributed by atoms with Gasteiger partial charge in [0, 0.05) is 38.1 Å². The van der Waals surface area contributed by atoms with Crippen LogP contribution in [0.25, 0.3) is 5.69 Å². The Balaban J connectivity index is 1.30. The Morgan fingerprint density at radius 3 is 2.37 bits per heavy atom. The molecule has 0 unspecified atom stereocenters. The molecule has 4 rings (SSSR count). The predicted octanol–water partition coefficient (Wildman–Crippen LogP) is 2.41. The SMILES string of the molecule is O=C(CN1CCN(C(=O)c2ccn(-c3ccccc3F)n2)CC1)Nc1ccccc1. The number of carbonyl (C=O) groups is 2. The van der Waals surface area contributed by atoms with Crippen LogP contribution in [0.3, 0.4) is 0 Å². The number of anilines is 1. The molecule has 1 aliphatic rings. The molecule has 2 aromatic carbocycles. The molecule has 1 aliphatic heterocycles. The van der Waals surface area contributed by atoms with E-state index < -0.39 is 5.82 Å². The standard InChI is InChI=1S/C22H22FN5O2/c23-18-8-4-5-9-20(18)28-11-10-19(25-28)22(30)27-14-12-26(13-15-27)16-21(29)24-17-6-2-1-3-7-17/h1-11H,12-16H2,(H,24,29). The Morgan fingerprint density at radius 1 is 0.933 bits per heavy atom. The van der Waals surface area contributed by atoms with E-state index in [0.717, 1.165) is 5.69 Å². The number of piperazine rings is 1. The molecule has 2 amide bonds. The minimum Gasteiger partial charge on any atom is -0.335 e. The van der Waals surface area contributed by atoms with Crippen LogP contribution in [0.2, 0.25) is 0 Å². The first-order chi connectivity index (χ1) is 14.6. The molecule has 1 N–H and O–H groups in total. The fraction of sp³-hybridized carbons (Fsp3) is 0.227. The minimum atomic E-state index is -0.401. The van der Waals surface area contributed by atoms with Crippen molar-refractivity contribution in [3.63, 3.8) is 0 Å². The molecule has 0 aliphatic carbocycles. The summed E-state index contributed by atoms with van der Waals surface area (Å²) in [6, 6.07) is 17.2. The monoisotopic (exact) mass is 407 g/mol. The van der Waals surface area contributed by atoms with Crippen LogP contribution in [-0.2, 0) is 4.79 Å². The normalized spacial score (nSPS) is 14.5. The number of para-hydroxylation sites is 2. The third kappa shape index (κ3) is 4.55. The lowest BCUT2D eigenvalue weighted by Gasteiger charge is -2.33. The quantitative estimate of drug-likeness (QED) is 0.705. The maximum atomic E-state index is 13.9. The van der Waals surface area contributed by atoms with Gasteiger partial charge in [0.25, 0.3) is 5.91 Å². The molecular weight excluding hydrogens is 385 g/mol. The molecule has 0 bridgehead atoms. The second-order valence-electron chi connectivity index (χ2n) is 7.08. The van der Waals surface area contributed by atoms with E-state index in [0.29, 0.717) is 31.9 Å². The largest absolute Gasteiger partial charge is 0.335 e. The van der Waals surface area contributed by atoms with Gasteiger partial charge in [-0.2, -0.15) is 5.10 Å². The molecule has 1 fully saturated rings. The number of nitrogens with zero attached hydrogens (tertiary/aromatic N) is 4. The van der Waals surface area contributed by atoms with E-state index in [1.54, 1.807) is 35.4 Å². The zero-order valence-electron chi connectivity index (χ0n) is 16.4. The van der Waals surface area contributed by atoms with Crippen molar-refractivity contribution in [2.75, 3.05) is 38.0 Å². The fourth-order valence-electron chi connectivity index (χ4n) is 3.41. The van der Waals surface area contributed by atoms with E-state index in [1.807, 2.05) is 35.2 Å². The Morgan fingerprint density at radius 2 is 1.63 bits per heavy atom. The predicted molar refractivity (Wildman–Crippen MR) is 111 cm³/mol. The van der Waals surface area contributed by atoms with Crippen molar-refractivity contribution in [2.45, 2.75) is 0 Å². The Bertz CT molecular complexity index is 1030. The van der Waals surface area contributed by atoms with Gasteiger partial charge in [-0.25, -0.2) is 9.07 Å². The summed E-state index contributed by atoms with van der Waals surface area (Å²) in [5.74, 6) is -0.676. The lowest BCUT2D eigenvalue weighted by molar-refractivity contribution is -0.117. The second kappa shape index (κ2) is 8.87. The number of nitrogens with one attached hydrogen (secondary N) is 1. The summed E-state index contributed by atoms with van der Waals surface area (Å²) in [7, 11) is 0. The number of amides is 2. The number of halogens is 1. The van der Waals surface area contributed by atoms with E-state index in [-0.39, 0.29) is 24.1 Å². The van der Waals surface area contributed by atoms with Gasteiger partial charge in [-0.1, -0.05) is 30.3 Å². The summed E-state index contributed by atoms with van der Waals surface area (Å²) >= 11 is 0. The molecule has 1 aromatic heterocycles. The lowest BCUT2D eigenvalue weighted by Crippen LogP contribution is -2.50. The van der Waals surface area contributed by atoms with Crippen LogP contribution in [0.4, 0.5) is 10.1 Å². The third-order valence-corrected chi connectivity index (χ3v) is 4.99. The first-order valence-corrected chi connectivity index (χ1v) is 9.77. The molecule has 0 saturated carbocycles. The average molecular weight is 407 g/mol. The van der Waals surface area contributed by atoms with Crippen molar-refractivity contribution in [1.82, 2.24) is 19.6 Å². The highest BCUT2D eigenvalue weighted by Gasteiger charge is 2.25. The molecule has 3 aromatic rings. The zero-order chi connectivity index (χ0) is 20.9. The van der Waals surface area contributed by atoms with Crippen molar-refractivity contribution < 1.29 is 14.0 Å². The highest BCUT2D eigenvalue weighted by molar-refractivity contribution is 5.93. The maximum Gasteiger partial charge on any atom is 0.274 e. The Hall–Kier alpha value is -3.52. The van der Waals surface area contributed by atoms with E-state index in [4.69, 9.17) is 0 Å². The molecule has 2 heterocycles. The number of rotatable bonds is 5. The lowest BCUT2D eigenvalue weighted by atomic mass is 10.2. The summed E-state index contributed by atoms with van der Waals surface area (Å²) in [5, 5.41) is 7.11. The number of benzene rings is 2. The third-order valence-electron chi connectivity index (χ3n) is 4.99. The van der Waals surface area contributed by atoms with E-state index in [2.05, 4.69) is 10.4 Å². The van der Waals surface area contributed by atoms with E-state index in [1.165, 1.54) is 10.7 Å². The van der Waals surface area contributed by atoms with Crippen LogP contribution in [-0.4, -0.2) is 64.1 Å². The fourth-order valence-corrected chi connectivity index (χ4v) is 3.41. The highest BCUT2D eigenvalue weighted by Crippen LogP contribution is 2.14. The van der Waals surface area contributed by atoms with Gasteiger partial charge >= 0.3 is 0 Å². The molecule has 8 heteroatoms. The Labute approximate surface area is 173 Å². The van der Waals surface area contributed by atoms with Crippen molar-refractivity contribution in [2.24, 2.45) is 0 Å². The van der Waals surface area contributed by atoms with Crippen molar-refractivity contribution in [3.05, 3.63) is 78.4 Å². The van der Waals surface area contributed by atoms with Gasteiger partial charge in [-0.15, -0.1) is 0 Å². The Kier molecular flexibility index (Phi) is 5.85. The van der Waals surface area contributed by atoms with Crippen molar-refractivity contribution >= 4 is 17.5 Å². The zero-order valence-corrected chi connectivity index (χ0v) is 16.4. The van der Waals surface area contributed by atoms with Gasteiger partial charge in [-0.3, -0.25) is 14.5 Å². The van der Waals surface area contributed by atoms with Gasteiger partial charge in [0.05, 0.1) is 6.54 Å². The first-order valence-electron chi connectivity index (χ1n) is 9.77. The molecule has 0 spiro atoms. The summed E-state index contributed by atoms with van der Waals surface area (Å²) < 4.78 is 15.3. The van der Waals surface area contributed by atoms with Crippen LogP contribution >= 0.6 is 0 Å². The first kappa shape index (κ1) is 19.8. The van der Waals surface area contributed by atoms with Gasteiger partial charge in [0.2, 0.25) is 5.91 Å². The van der Waals surface area contributed by atoms with Crippen LogP contribution < -0.4 is 5.32 Å². The molecule has 0 radical (unpaired) electrons. The van der Waals surface area contributed by atoms with Crippen LogP contribution in [0, 0.1) is 5.82 Å². The maximum absolute atomic E-state index is 13.9. The number of hydrogen-bond acceptors (Lipinski definition) is 4. The second-order valence-corrected chi connectivity index (χ2v) is 7.08. The van der Waals surface area contributed by atoms with Gasteiger partial charge in [-0.05, 0) is 30.3 Å². The summed E-state index contributed by atoms with van der Waals surface area (Å²) in [6.07, 6.45) is 1.58. The van der Waals surface area contributed by atoms with Crippen LogP contribution in [0.15, 0.2) is 66.9 Å². The molecule has 154 valence electrons. The molecule has 7 nitrogen and oxygen atoms in total. The molecule has 0 atom stereocenters. The van der Waals surface area contributed by atoms with Gasteiger partial charge in [0.15, 0.2) is 5.69 Å². The molecule has 30 heavy (non-hydrogen) atoms. The van der Waals surface area contributed by atoms with E-state index in [9.17, 15) is 14.0 Å². The number of hydrogen-bond donors (Lipinski definition) is 1. The number of carbonyl (C=O) groups excluding carboxylic acids is 2. The molecule has 1 saturated heterocycles. The number of aromatic nitrogens is 2. The summed E-state index contributed by atoms with van der Waals surface area (Å²) in [6.45, 7) is 2.48. The molecular formula is C22H22FN5O2. The van der Waals surface area contributed by atoms with Crippen LogP contribution in [0.1, 0.15) is 10.5 Å².